The van der Waals surface area contributed by atoms with E-state index in [1.165, 1.54) is 25.7 Å². The lowest BCUT2D eigenvalue weighted by Crippen LogP contribution is -2.36. The highest BCUT2D eigenvalue weighted by Crippen LogP contribution is 2.25. The Morgan fingerprint density at radius 2 is 1.14 bits per heavy atom. The van der Waals surface area contributed by atoms with Crippen LogP contribution in [-0.4, -0.2) is 49.7 Å². The molecule has 0 N–H and O–H groups in total. The summed E-state index contributed by atoms with van der Waals surface area (Å²) in [6, 6.07) is 0. The van der Waals surface area contributed by atoms with Crippen LogP contribution in [0.3, 0.4) is 0 Å². The van der Waals surface area contributed by atoms with E-state index in [1.54, 1.807) is 23.5 Å². The van der Waals surface area contributed by atoms with Crippen molar-refractivity contribution in [2.24, 2.45) is 11.8 Å². The molecule has 0 aromatic heterocycles. The minimum Gasteiger partial charge on any atom is -0.357 e. The normalized spacial score (nSPS) is 21.6. The number of likely N-dealkylation sites (tertiary alicyclic amines) is 2. The summed E-state index contributed by atoms with van der Waals surface area (Å²) in [5.74, 6) is 1.72. The molecule has 0 bridgehead atoms. The van der Waals surface area contributed by atoms with Crippen molar-refractivity contribution in [3.63, 3.8) is 0 Å². The molecule has 2 aliphatic rings. The van der Waals surface area contributed by atoms with Crippen LogP contribution in [0.5, 0.6) is 0 Å². The van der Waals surface area contributed by atoms with Gasteiger partial charge in [0, 0.05) is 26.2 Å². The molecular weight excluding hydrogens is 336 g/mol. The van der Waals surface area contributed by atoms with Gasteiger partial charge in [-0.25, -0.2) is 0 Å². The average Bonchev–Trinajstić information content (AvgIpc) is 2.48. The molecular formula is C15H26N2S4. The molecule has 2 saturated heterocycles. The molecule has 0 aromatic rings. The number of rotatable bonds is 2. The molecule has 2 fully saturated rings. The summed E-state index contributed by atoms with van der Waals surface area (Å²) in [7, 11) is 0. The van der Waals surface area contributed by atoms with E-state index in [0.29, 0.717) is 0 Å². The number of thiocarbonyl (C=S) groups is 2. The minimum atomic E-state index is 0.859. The number of piperidine rings is 2. The number of thioether (sulfide) groups is 2. The molecule has 0 radical (unpaired) electrons. The van der Waals surface area contributed by atoms with Crippen molar-refractivity contribution in [2.45, 2.75) is 39.5 Å². The maximum absolute atomic E-state index is 5.56. The molecule has 0 amide bonds. The van der Waals surface area contributed by atoms with Gasteiger partial charge in [-0.1, -0.05) is 61.8 Å². The lowest BCUT2D eigenvalue weighted by Gasteiger charge is -2.33. The summed E-state index contributed by atoms with van der Waals surface area (Å²) < 4.78 is 2.12. The molecule has 0 aliphatic carbocycles. The molecule has 0 saturated carbocycles. The number of hydrogen-bond acceptors (Lipinski definition) is 4. The zero-order chi connectivity index (χ0) is 15.2. The minimum absolute atomic E-state index is 0.859. The Labute approximate surface area is 148 Å². The van der Waals surface area contributed by atoms with Crippen LogP contribution in [0.2, 0.25) is 0 Å². The predicted octanol–water partition coefficient (Wildman–Crippen LogP) is 4.44. The van der Waals surface area contributed by atoms with Crippen molar-refractivity contribution in [3.05, 3.63) is 0 Å². The van der Waals surface area contributed by atoms with Crippen molar-refractivity contribution in [1.82, 2.24) is 9.80 Å². The first-order chi connectivity index (χ1) is 10.1. The molecule has 2 aliphatic heterocycles. The second-order valence-electron chi connectivity index (χ2n) is 6.28. The Kier molecular flexibility index (Phi) is 7.59. The fourth-order valence-electron chi connectivity index (χ4n) is 2.70. The Hall–Kier alpha value is 0.480. The van der Waals surface area contributed by atoms with Crippen LogP contribution in [0.1, 0.15) is 39.5 Å². The van der Waals surface area contributed by atoms with Crippen molar-refractivity contribution in [1.29, 1.82) is 0 Å². The van der Waals surface area contributed by atoms with Crippen LogP contribution < -0.4 is 0 Å². The average molecular weight is 363 g/mol. The largest absolute Gasteiger partial charge is 0.357 e. The SMILES string of the molecule is CC1CCN(C(=S)SCSC(=S)N2CCC(C)CC2)CC1. The lowest BCUT2D eigenvalue weighted by molar-refractivity contribution is 0.287. The van der Waals surface area contributed by atoms with E-state index in [1.807, 2.05) is 0 Å². The Balaban J connectivity index is 1.62. The van der Waals surface area contributed by atoms with Gasteiger partial charge in [0.15, 0.2) is 0 Å². The van der Waals surface area contributed by atoms with E-state index in [9.17, 15) is 0 Å². The fraction of sp³-hybridized carbons (Fsp3) is 0.867. The van der Waals surface area contributed by atoms with Crippen molar-refractivity contribution >= 4 is 56.6 Å². The van der Waals surface area contributed by atoms with E-state index < -0.39 is 0 Å². The number of hydrogen-bond donors (Lipinski definition) is 0. The molecule has 120 valence electrons. The van der Waals surface area contributed by atoms with Gasteiger partial charge >= 0.3 is 0 Å². The third-order valence-corrected chi connectivity index (χ3v) is 7.63. The summed E-state index contributed by atoms with van der Waals surface area (Å²) in [6.07, 6.45) is 5.10. The second-order valence-corrected chi connectivity index (χ2v) is 9.86. The Morgan fingerprint density at radius 1 is 0.810 bits per heavy atom. The van der Waals surface area contributed by atoms with Crippen LogP contribution in [0.15, 0.2) is 0 Å². The van der Waals surface area contributed by atoms with Gasteiger partial charge in [-0.3, -0.25) is 0 Å². The summed E-state index contributed by atoms with van der Waals surface area (Å²) in [5.41, 5.74) is 0. The first-order valence-electron chi connectivity index (χ1n) is 7.89. The topological polar surface area (TPSA) is 6.48 Å². The van der Waals surface area contributed by atoms with E-state index in [0.717, 1.165) is 51.7 Å². The van der Waals surface area contributed by atoms with Crippen LogP contribution in [0, 0.1) is 11.8 Å². The predicted molar refractivity (Wildman–Crippen MR) is 105 cm³/mol. The van der Waals surface area contributed by atoms with Gasteiger partial charge < -0.3 is 9.80 Å². The monoisotopic (exact) mass is 362 g/mol. The maximum atomic E-state index is 5.56. The lowest BCUT2D eigenvalue weighted by atomic mass is 10.00. The maximum Gasteiger partial charge on any atom is 0.137 e. The molecule has 0 atom stereocenters. The summed E-state index contributed by atoms with van der Waals surface area (Å²) in [5, 5.41) is 0.954. The highest BCUT2D eigenvalue weighted by atomic mass is 32.2. The number of nitrogens with zero attached hydrogens (tertiary/aromatic N) is 2. The van der Waals surface area contributed by atoms with E-state index in [4.69, 9.17) is 24.4 Å². The zero-order valence-corrected chi connectivity index (χ0v) is 16.3. The standard InChI is InChI=1S/C15H26N2S4/c1-12-3-7-16(8-4-12)14(18)20-11-21-15(19)17-9-5-13(2)6-10-17/h12-13H,3-11H2,1-2H3. The van der Waals surface area contributed by atoms with Gasteiger partial charge in [-0.05, 0) is 37.5 Å². The van der Waals surface area contributed by atoms with Crippen molar-refractivity contribution < 1.29 is 0 Å². The van der Waals surface area contributed by atoms with Gasteiger partial charge in [-0.2, -0.15) is 0 Å². The molecule has 2 nitrogen and oxygen atoms in total. The molecule has 2 heterocycles. The highest BCUT2D eigenvalue weighted by Gasteiger charge is 2.20. The molecule has 0 aromatic carbocycles. The second kappa shape index (κ2) is 8.94. The third kappa shape index (κ3) is 5.88. The summed E-state index contributed by atoms with van der Waals surface area (Å²) in [6.45, 7) is 9.19. The molecule has 2 rings (SSSR count). The fourth-order valence-corrected chi connectivity index (χ4v) is 5.70. The van der Waals surface area contributed by atoms with E-state index in [2.05, 4.69) is 23.6 Å². The van der Waals surface area contributed by atoms with Gasteiger partial charge in [0.25, 0.3) is 0 Å². The first kappa shape index (κ1) is 17.8. The quantitative estimate of drug-likeness (QED) is 0.525. The van der Waals surface area contributed by atoms with Gasteiger partial charge in [0.1, 0.15) is 8.64 Å². The summed E-state index contributed by atoms with van der Waals surface area (Å²) >= 11 is 14.7. The third-order valence-electron chi connectivity index (χ3n) is 4.45. The smallest absolute Gasteiger partial charge is 0.137 e. The van der Waals surface area contributed by atoms with Gasteiger partial charge in [0.2, 0.25) is 0 Å². The molecule has 6 heteroatoms. The summed E-state index contributed by atoms with van der Waals surface area (Å²) in [4.78, 5) is 4.73. The van der Waals surface area contributed by atoms with Crippen LogP contribution in [0.25, 0.3) is 0 Å². The van der Waals surface area contributed by atoms with E-state index in [-0.39, 0.29) is 0 Å². The molecule has 0 spiro atoms. The Bertz CT molecular complexity index is 325. The van der Waals surface area contributed by atoms with Crippen LogP contribution in [-0.2, 0) is 0 Å². The van der Waals surface area contributed by atoms with Crippen LogP contribution >= 0.6 is 48.0 Å². The molecule has 21 heavy (non-hydrogen) atoms. The highest BCUT2D eigenvalue weighted by molar-refractivity contribution is 8.35. The Morgan fingerprint density at radius 3 is 1.48 bits per heavy atom. The first-order valence-corrected chi connectivity index (χ1v) is 10.7. The zero-order valence-electron chi connectivity index (χ0n) is 13.0. The van der Waals surface area contributed by atoms with Crippen LogP contribution in [0.4, 0.5) is 0 Å². The van der Waals surface area contributed by atoms with Gasteiger partial charge in [0.05, 0.1) is 5.08 Å². The molecule has 0 unspecified atom stereocenters. The van der Waals surface area contributed by atoms with Gasteiger partial charge in [-0.15, -0.1) is 0 Å². The van der Waals surface area contributed by atoms with E-state index >= 15 is 0 Å². The van der Waals surface area contributed by atoms with Crippen molar-refractivity contribution in [2.75, 3.05) is 31.3 Å². The van der Waals surface area contributed by atoms with Crippen molar-refractivity contribution in [3.8, 4) is 0 Å².